The maximum Gasteiger partial charge on any atom is 0.341 e. The quantitative estimate of drug-likeness (QED) is 0.815. The van der Waals surface area contributed by atoms with Crippen LogP contribution in [0.5, 0.6) is 5.75 Å². The van der Waals surface area contributed by atoms with E-state index in [1.807, 2.05) is 30.5 Å². The third-order valence-electron chi connectivity index (χ3n) is 4.36. The third kappa shape index (κ3) is 4.83. The summed E-state index contributed by atoms with van der Waals surface area (Å²) in [7, 11) is 0. The van der Waals surface area contributed by atoms with Crippen molar-refractivity contribution in [2.24, 2.45) is 5.92 Å². The van der Waals surface area contributed by atoms with Gasteiger partial charge in [-0.25, -0.2) is 4.79 Å². The number of piperidine rings is 1. The van der Waals surface area contributed by atoms with Crippen molar-refractivity contribution >= 4 is 5.97 Å². The van der Waals surface area contributed by atoms with Gasteiger partial charge in [-0.2, -0.15) is 5.10 Å². The number of likely N-dealkylation sites (tertiary alicyclic amines) is 1. The van der Waals surface area contributed by atoms with Crippen LogP contribution in [0.25, 0.3) is 0 Å². The minimum absolute atomic E-state index is 0.305. The molecule has 0 bridgehead atoms. The Hall–Kier alpha value is -2.34. The summed E-state index contributed by atoms with van der Waals surface area (Å²) in [5, 5.41) is 15.7. The molecule has 2 heterocycles. The van der Waals surface area contributed by atoms with Crippen LogP contribution in [-0.4, -0.2) is 45.9 Å². The number of hydrogen-bond donors (Lipinski definition) is 2. The first-order valence-electron chi connectivity index (χ1n) is 8.33. The van der Waals surface area contributed by atoms with Crippen LogP contribution in [-0.2, 0) is 17.8 Å². The van der Waals surface area contributed by atoms with Crippen molar-refractivity contribution in [3.63, 3.8) is 0 Å². The molecule has 1 aliphatic rings. The fraction of sp³-hybridized carbons (Fsp3) is 0.444. The molecular formula is C18H23N3O3. The van der Waals surface area contributed by atoms with Crippen LogP contribution in [0.4, 0.5) is 0 Å². The molecule has 0 spiro atoms. The van der Waals surface area contributed by atoms with Gasteiger partial charge in [-0.05, 0) is 55.5 Å². The number of nitrogens with one attached hydrogen (secondary N) is 1. The molecular weight excluding hydrogens is 306 g/mol. The first-order valence-corrected chi connectivity index (χ1v) is 8.33. The van der Waals surface area contributed by atoms with E-state index >= 15 is 0 Å². The van der Waals surface area contributed by atoms with Gasteiger partial charge in [-0.1, -0.05) is 12.1 Å². The lowest BCUT2D eigenvalue weighted by Crippen LogP contribution is -2.35. The number of carboxylic acid groups (broad SMARTS) is 1. The Morgan fingerprint density at radius 3 is 2.88 bits per heavy atom. The Morgan fingerprint density at radius 1 is 1.33 bits per heavy atom. The molecule has 0 aliphatic carbocycles. The summed E-state index contributed by atoms with van der Waals surface area (Å²) < 4.78 is 5.17. The highest BCUT2D eigenvalue weighted by Gasteiger charge is 2.20. The molecule has 24 heavy (non-hydrogen) atoms. The number of H-pyrrole nitrogens is 1. The van der Waals surface area contributed by atoms with E-state index in [2.05, 4.69) is 21.2 Å². The first kappa shape index (κ1) is 16.5. The molecule has 0 saturated carbocycles. The van der Waals surface area contributed by atoms with Gasteiger partial charge in [0.05, 0.1) is 0 Å². The van der Waals surface area contributed by atoms with E-state index in [9.17, 15) is 4.79 Å². The van der Waals surface area contributed by atoms with Crippen LogP contribution >= 0.6 is 0 Å². The SMILES string of the molecule is O=C(O)COc1ccc(CN2CCC[C@@H](Cc3ccn[nH]3)C2)cc1. The summed E-state index contributed by atoms with van der Waals surface area (Å²) >= 11 is 0. The molecule has 0 amide bonds. The molecule has 1 aromatic carbocycles. The summed E-state index contributed by atoms with van der Waals surface area (Å²) in [5.41, 5.74) is 2.43. The average molecular weight is 329 g/mol. The first-order chi connectivity index (χ1) is 11.7. The van der Waals surface area contributed by atoms with Gasteiger partial charge in [0.2, 0.25) is 0 Å². The maximum atomic E-state index is 10.5. The normalized spacial score (nSPS) is 18.4. The topological polar surface area (TPSA) is 78.5 Å². The number of nitrogens with zero attached hydrogens (tertiary/aromatic N) is 2. The molecule has 6 heteroatoms. The molecule has 2 N–H and O–H groups in total. The number of aromatic nitrogens is 2. The third-order valence-corrected chi connectivity index (χ3v) is 4.36. The second-order valence-electron chi connectivity index (χ2n) is 6.36. The minimum Gasteiger partial charge on any atom is -0.482 e. The fourth-order valence-electron chi connectivity index (χ4n) is 3.27. The van der Waals surface area contributed by atoms with Gasteiger partial charge in [-0.3, -0.25) is 10.00 Å². The van der Waals surface area contributed by atoms with Crippen LogP contribution in [0.15, 0.2) is 36.5 Å². The Balaban J connectivity index is 1.50. The van der Waals surface area contributed by atoms with Crippen LogP contribution < -0.4 is 4.74 Å². The Bertz CT molecular complexity index is 640. The second kappa shape index (κ2) is 7.97. The summed E-state index contributed by atoms with van der Waals surface area (Å²) in [5.74, 6) is 0.296. The summed E-state index contributed by atoms with van der Waals surface area (Å²) in [6.45, 7) is 2.83. The zero-order chi connectivity index (χ0) is 16.8. The number of ether oxygens (including phenoxy) is 1. The fourth-order valence-corrected chi connectivity index (χ4v) is 3.27. The molecule has 2 aromatic rings. The average Bonchev–Trinajstić information content (AvgIpc) is 3.07. The molecule has 1 aromatic heterocycles. The number of rotatable bonds is 7. The molecule has 1 aliphatic heterocycles. The van der Waals surface area contributed by atoms with E-state index in [1.54, 1.807) is 0 Å². The highest BCUT2D eigenvalue weighted by molar-refractivity contribution is 5.68. The smallest absolute Gasteiger partial charge is 0.341 e. The number of carbonyl (C=O) groups is 1. The predicted octanol–water partition coefficient (Wildman–Crippen LogP) is 2.33. The van der Waals surface area contributed by atoms with Crippen molar-refractivity contribution in [2.45, 2.75) is 25.8 Å². The lowest BCUT2D eigenvalue weighted by Gasteiger charge is -2.32. The lowest BCUT2D eigenvalue weighted by atomic mass is 9.93. The maximum absolute atomic E-state index is 10.5. The van der Waals surface area contributed by atoms with Crippen molar-refractivity contribution in [3.05, 3.63) is 47.8 Å². The number of benzene rings is 1. The molecule has 3 rings (SSSR count). The Kier molecular flexibility index (Phi) is 5.48. The zero-order valence-corrected chi connectivity index (χ0v) is 13.6. The number of aromatic amines is 1. The highest BCUT2D eigenvalue weighted by Crippen LogP contribution is 2.22. The molecule has 6 nitrogen and oxygen atoms in total. The largest absolute Gasteiger partial charge is 0.482 e. The molecule has 1 fully saturated rings. The minimum atomic E-state index is -0.962. The van der Waals surface area contributed by atoms with Crippen LogP contribution in [0.1, 0.15) is 24.1 Å². The van der Waals surface area contributed by atoms with Crippen molar-refractivity contribution in [2.75, 3.05) is 19.7 Å². The van der Waals surface area contributed by atoms with Gasteiger partial charge >= 0.3 is 5.97 Å². The van der Waals surface area contributed by atoms with Crippen molar-refractivity contribution in [1.82, 2.24) is 15.1 Å². The van der Waals surface area contributed by atoms with Crippen LogP contribution in [0.2, 0.25) is 0 Å². The van der Waals surface area contributed by atoms with Crippen molar-refractivity contribution in [3.8, 4) is 5.75 Å². The van der Waals surface area contributed by atoms with Crippen molar-refractivity contribution < 1.29 is 14.6 Å². The van der Waals surface area contributed by atoms with Gasteiger partial charge < -0.3 is 9.84 Å². The number of hydrogen-bond acceptors (Lipinski definition) is 4. The Morgan fingerprint density at radius 2 is 2.17 bits per heavy atom. The number of carboxylic acids is 1. The zero-order valence-electron chi connectivity index (χ0n) is 13.6. The standard InChI is InChI=1S/C18H23N3O3/c22-18(23)13-24-17-5-3-14(4-6-17)11-21-9-1-2-15(12-21)10-16-7-8-19-20-16/h3-8,15H,1-2,9-13H2,(H,19,20)(H,22,23)/t15-/m0/s1. The molecule has 0 unspecified atom stereocenters. The van der Waals surface area contributed by atoms with Crippen molar-refractivity contribution in [1.29, 1.82) is 0 Å². The molecule has 0 radical (unpaired) electrons. The lowest BCUT2D eigenvalue weighted by molar-refractivity contribution is -0.139. The van der Waals surface area contributed by atoms with E-state index < -0.39 is 5.97 Å². The van der Waals surface area contributed by atoms with Gasteiger partial charge in [0.25, 0.3) is 0 Å². The second-order valence-corrected chi connectivity index (χ2v) is 6.36. The van der Waals surface area contributed by atoms with Gasteiger partial charge in [-0.15, -0.1) is 0 Å². The molecule has 1 saturated heterocycles. The molecule has 1 atom stereocenters. The summed E-state index contributed by atoms with van der Waals surface area (Å²) in [6.07, 6.45) is 5.35. The van der Waals surface area contributed by atoms with Crippen LogP contribution in [0.3, 0.4) is 0 Å². The summed E-state index contributed by atoms with van der Waals surface area (Å²) in [6, 6.07) is 9.74. The van der Waals surface area contributed by atoms with E-state index in [0.717, 1.165) is 26.1 Å². The molecule has 128 valence electrons. The number of aliphatic carboxylic acids is 1. The predicted molar refractivity (Wildman–Crippen MR) is 89.9 cm³/mol. The monoisotopic (exact) mass is 329 g/mol. The van der Waals surface area contributed by atoms with E-state index in [-0.39, 0.29) is 6.61 Å². The van der Waals surface area contributed by atoms with E-state index in [0.29, 0.717) is 11.7 Å². The Labute approximate surface area is 141 Å². The summed E-state index contributed by atoms with van der Waals surface area (Å²) in [4.78, 5) is 13.0. The van der Waals surface area contributed by atoms with E-state index in [1.165, 1.54) is 24.1 Å². The highest BCUT2D eigenvalue weighted by atomic mass is 16.5. The van der Waals surface area contributed by atoms with Crippen LogP contribution in [0, 0.1) is 5.92 Å². The van der Waals surface area contributed by atoms with Gasteiger partial charge in [0, 0.05) is 25.0 Å². The van der Waals surface area contributed by atoms with E-state index in [4.69, 9.17) is 9.84 Å². The van der Waals surface area contributed by atoms with Gasteiger partial charge in [0.1, 0.15) is 5.75 Å². The van der Waals surface area contributed by atoms with Gasteiger partial charge in [0.15, 0.2) is 6.61 Å².